The standard InChI is InChI=1S/C28H31N3O5/c1-2-15-8-10-19-18(12-15)28(27(36)29-19)24-23(20(30-28)13-16-9-11-21(32)22(33)14-16)25(34)31(26(24)35)17-6-4-3-5-7-17/h8-12,14,17,20,23-24,30,32-33H,2-7,13H2,1H3,(H,29,36). The molecule has 2 aromatic rings. The van der Waals surface area contributed by atoms with Gasteiger partial charge in [0, 0.05) is 23.3 Å². The number of nitrogens with zero attached hydrogens (tertiary/aromatic N) is 1. The zero-order valence-corrected chi connectivity index (χ0v) is 20.3. The molecule has 3 fully saturated rings. The second-order valence-corrected chi connectivity index (χ2v) is 10.6. The molecule has 4 N–H and O–H groups in total. The number of aromatic hydroxyl groups is 2. The fourth-order valence-corrected chi connectivity index (χ4v) is 6.92. The van der Waals surface area contributed by atoms with Crippen molar-refractivity contribution in [2.75, 3.05) is 5.32 Å². The van der Waals surface area contributed by atoms with Gasteiger partial charge in [-0.1, -0.05) is 44.4 Å². The van der Waals surface area contributed by atoms with Crippen LogP contribution in [-0.2, 0) is 32.8 Å². The third kappa shape index (κ3) is 3.20. The van der Waals surface area contributed by atoms with Gasteiger partial charge in [0.05, 0.1) is 11.8 Å². The summed E-state index contributed by atoms with van der Waals surface area (Å²) >= 11 is 0. The van der Waals surface area contributed by atoms with Crippen LogP contribution < -0.4 is 10.6 Å². The zero-order valence-electron chi connectivity index (χ0n) is 20.3. The Balaban J connectivity index is 1.46. The lowest BCUT2D eigenvalue weighted by molar-refractivity contribution is -0.146. The number of likely N-dealkylation sites (tertiary alicyclic amines) is 1. The first-order valence-corrected chi connectivity index (χ1v) is 13.0. The van der Waals surface area contributed by atoms with Crippen molar-refractivity contribution in [3.05, 3.63) is 53.1 Å². The zero-order chi connectivity index (χ0) is 25.2. The van der Waals surface area contributed by atoms with Crippen molar-refractivity contribution in [3.63, 3.8) is 0 Å². The van der Waals surface area contributed by atoms with Gasteiger partial charge in [0.1, 0.15) is 5.54 Å². The Labute approximate surface area is 209 Å². The van der Waals surface area contributed by atoms with Gasteiger partial charge in [0.2, 0.25) is 17.7 Å². The van der Waals surface area contributed by atoms with Crippen molar-refractivity contribution in [3.8, 4) is 11.5 Å². The predicted molar refractivity (Wildman–Crippen MR) is 132 cm³/mol. The molecule has 0 radical (unpaired) electrons. The maximum Gasteiger partial charge on any atom is 0.250 e. The number of phenolic OH excluding ortho intramolecular Hbond substituents is 2. The van der Waals surface area contributed by atoms with Crippen LogP contribution in [0.2, 0.25) is 0 Å². The number of phenols is 2. The fraction of sp³-hybridized carbons (Fsp3) is 0.464. The lowest BCUT2D eigenvalue weighted by atomic mass is 9.76. The number of carbonyl (C=O) groups excluding carboxylic acids is 3. The monoisotopic (exact) mass is 489 g/mol. The molecule has 2 saturated heterocycles. The highest BCUT2D eigenvalue weighted by atomic mass is 16.3. The highest BCUT2D eigenvalue weighted by Crippen LogP contribution is 2.54. The van der Waals surface area contributed by atoms with Crippen LogP contribution in [0.1, 0.15) is 55.7 Å². The second kappa shape index (κ2) is 8.34. The first-order chi connectivity index (χ1) is 17.3. The molecule has 1 spiro atoms. The lowest BCUT2D eigenvalue weighted by Crippen LogP contribution is -2.54. The molecule has 4 aliphatic rings. The Hall–Kier alpha value is -3.39. The number of fused-ring (bicyclic) bond motifs is 4. The molecule has 4 atom stereocenters. The van der Waals surface area contributed by atoms with Gasteiger partial charge >= 0.3 is 0 Å². The van der Waals surface area contributed by atoms with E-state index in [1.807, 2.05) is 25.1 Å². The number of hydrogen-bond donors (Lipinski definition) is 4. The minimum Gasteiger partial charge on any atom is -0.504 e. The largest absolute Gasteiger partial charge is 0.504 e. The van der Waals surface area contributed by atoms with Crippen LogP contribution in [0.25, 0.3) is 0 Å². The molecule has 8 nitrogen and oxygen atoms in total. The van der Waals surface area contributed by atoms with E-state index in [1.165, 1.54) is 17.0 Å². The fourth-order valence-electron chi connectivity index (χ4n) is 6.92. The summed E-state index contributed by atoms with van der Waals surface area (Å²) < 4.78 is 0. The minimum atomic E-state index is -1.33. The highest BCUT2D eigenvalue weighted by Gasteiger charge is 2.70. The molecule has 3 aliphatic heterocycles. The Morgan fingerprint density at radius 3 is 2.42 bits per heavy atom. The van der Waals surface area contributed by atoms with E-state index in [-0.39, 0.29) is 35.3 Å². The Kier molecular flexibility index (Phi) is 5.33. The van der Waals surface area contributed by atoms with Crippen LogP contribution >= 0.6 is 0 Å². The van der Waals surface area contributed by atoms with E-state index in [4.69, 9.17) is 0 Å². The van der Waals surface area contributed by atoms with E-state index in [2.05, 4.69) is 10.6 Å². The highest BCUT2D eigenvalue weighted by molar-refractivity contribution is 6.15. The van der Waals surface area contributed by atoms with Gasteiger partial charge in [-0.05, 0) is 55.0 Å². The number of hydrogen-bond acceptors (Lipinski definition) is 6. The van der Waals surface area contributed by atoms with Crippen LogP contribution in [-0.4, -0.2) is 44.9 Å². The summed E-state index contributed by atoms with van der Waals surface area (Å²) in [5, 5.41) is 26.2. The molecule has 0 aromatic heterocycles. The molecule has 36 heavy (non-hydrogen) atoms. The van der Waals surface area contributed by atoms with Gasteiger partial charge < -0.3 is 15.5 Å². The number of rotatable bonds is 4. The molecule has 6 rings (SSSR count). The SMILES string of the molecule is CCc1ccc2c(c1)C1(NC(Cc3ccc(O)c(O)c3)C3C(=O)N(C4CCCCC4)C(=O)C31)C(=O)N2. The summed E-state index contributed by atoms with van der Waals surface area (Å²) in [7, 11) is 0. The molecule has 4 unspecified atom stereocenters. The van der Waals surface area contributed by atoms with Gasteiger partial charge in [0.25, 0.3) is 0 Å². The summed E-state index contributed by atoms with van der Waals surface area (Å²) in [5.41, 5.74) is 1.82. The number of anilines is 1. The summed E-state index contributed by atoms with van der Waals surface area (Å²) in [6.07, 6.45) is 5.79. The Morgan fingerprint density at radius 2 is 1.69 bits per heavy atom. The van der Waals surface area contributed by atoms with Gasteiger partial charge in [-0.15, -0.1) is 0 Å². The summed E-state index contributed by atoms with van der Waals surface area (Å²) in [6, 6.07) is 9.78. The molecular formula is C28H31N3O5. The van der Waals surface area contributed by atoms with E-state index in [0.717, 1.165) is 49.7 Å². The number of aryl methyl sites for hydroxylation is 1. The van der Waals surface area contributed by atoms with E-state index in [9.17, 15) is 24.6 Å². The summed E-state index contributed by atoms with van der Waals surface area (Å²) in [4.78, 5) is 43.2. The van der Waals surface area contributed by atoms with Gasteiger partial charge in [-0.25, -0.2) is 0 Å². The topological polar surface area (TPSA) is 119 Å². The molecule has 188 valence electrons. The third-order valence-electron chi connectivity index (χ3n) is 8.66. The molecule has 2 aromatic carbocycles. The molecule has 1 saturated carbocycles. The quantitative estimate of drug-likeness (QED) is 0.387. The molecule has 3 heterocycles. The Morgan fingerprint density at radius 1 is 0.944 bits per heavy atom. The first kappa shape index (κ1) is 23.0. The maximum atomic E-state index is 14.1. The van der Waals surface area contributed by atoms with Crippen LogP contribution in [0, 0.1) is 11.8 Å². The van der Waals surface area contributed by atoms with Gasteiger partial charge in [0.15, 0.2) is 11.5 Å². The van der Waals surface area contributed by atoms with Crippen LogP contribution in [0.3, 0.4) is 0 Å². The first-order valence-electron chi connectivity index (χ1n) is 13.0. The van der Waals surface area contributed by atoms with Crippen molar-refractivity contribution in [2.24, 2.45) is 11.8 Å². The molecule has 0 bridgehead atoms. The second-order valence-electron chi connectivity index (χ2n) is 10.6. The number of carbonyl (C=O) groups is 3. The Bertz CT molecular complexity index is 1270. The predicted octanol–water partition coefficient (Wildman–Crippen LogP) is 2.96. The smallest absolute Gasteiger partial charge is 0.250 e. The lowest BCUT2D eigenvalue weighted by Gasteiger charge is -2.34. The number of amides is 3. The van der Waals surface area contributed by atoms with E-state index >= 15 is 0 Å². The van der Waals surface area contributed by atoms with Crippen molar-refractivity contribution < 1.29 is 24.6 Å². The normalized spacial score (nSPS) is 29.6. The summed E-state index contributed by atoms with van der Waals surface area (Å²) in [6.45, 7) is 2.04. The van der Waals surface area contributed by atoms with Crippen LogP contribution in [0.15, 0.2) is 36.4 Å². The van der Waals surface area contributed by atoms with E-state index < -0.39 is 23.4 Å². The van der Waals surface area contributed by atoms with Gasteiger partial charge in [-0.3, -0.25) is 24.6 Å². The molecular weight excluding hydrogens is 458 g/mol. The average Bonchev–Trinajstić information content (AvgIpc) is 3.46. The molecule has 8 heteroatoms. The number of benzene rings is 2. The van der Waals surface area contributed by atoms with Crippen molar-refractivity contribution in [1.29, 1.82) is 0 Å². The van der Waals surface area contributed by atoms with E-state index in [0.29, 0.717) is 17.7 Å². The molecule has 3 amide bonds. The van der Waals surface area contributed by atoms with Crippen molar-refractivity contribution in [1.82, 2.24) is 10.2 Å². The molecule has 1 aliphatic carbocycles. The summed E-state index contributed by atoms with van der Waals surface area (Å²) in [5.74, 6) is -2.77. The third-order valence-corrected chi connectivity index (χ3v) is 8.66. The van der Waals surface area contributed by atoms with Gasteiger partial charge in [-0.2, -0.15) is 0 Å². The maximum absolute atomic E-state index is 14.1. The minimum absolute atomic E-state index is 0.120. The number of imide groups is 1. The van der Waals surface area contributed by atoms with Crippen molar-refractivity contribution >= 4 is 23.4 Å². The van der Waals surface area contributed by atoms with E-state index in [1.54, 1.807) is 6.07 Å². The van der Waals surface area contributed by atoms with Crippen molar-refractivity contribution in [2.45, 2.75) is 69.5 Å². The number of nitrogens with one attached hydrogen (secondary N) is 2. The van der Waals surface area contributed by atoms with Crippen LogP contribution in [0.4, 0.5) is 5.69 Å². The average molecular weight is 490 g/mol. The van der Waals surface area contributed by atoms with Crippen LogP contribution in [0.5, 0.6) is 11.5 Å².